The summed E-state index contributed by atoms with van der Waals surface area (Å²) >= 11 is 0. The molecule has 1 aliphatic carbocycles. The van der Waals surface area contributed by atoms with Crippen molar-refractivity contribution in [1.29, 1.82) is 0 Å². The van der Waals surface area contributed by atoms with Crippen LogP contribution in [0.25, 0.3) is 0 Å². The predicted molar refractivity (Wildman–Crippen MR) is 65.2 cm³/mol. The fourth-order valence-corrected chi connectivity index (χ4v) is 3.09. The molecule has 0 radical (unpaired) electrons. The van der Waals surface area contributed by atoms with Crippen molar-refractivity contribution in [1.82, 2.24) is 10.6 Å². The first-order valence-corrected chi connectivity index (χ1v) is 6.61. The van der Waals surface area contributed by atoms with Crippen LogP contribution in [0.5, 0.6) is 0 Å². The Morgan fingerprint density at radius 1 is 1.31 bits per heavy atom. The summed E-state index contributed by atoms with van der Waals surface area (Å²) in [5, 5.41) is 6.55. The minimum atomic E-state index is 0.201. The van der Waals surface area contributed by atoms with Gasteiger partial charge in [-0.05, 0) is 37.6 Å². The number of rotatable bonds is 2. The highest BCUT2D eigenvalue weighted by atomic mass is 16.2. The van der Waals surface area contributed by atoms with E-state index in [1.54, 1.807) is 0 Å². The quantitative estimate of drug-likeness (QED) is 0.749. The third-order valence-corrected chi connectivity index (χ3v) is 4.22. The van der Waals surface area contributed by atoms with Crippen LogP contribution in [0.2, 0.25) is 0 Å². The van der Waals surface area contributed by atoms with Gasteiger partial charge in [-0.1, -0.05) is 20.3 Å². The lowest BCUT2D eigenvalue weighted by Gasteiger charge is -2.30. The summed E-state index contributed by atoms with van der Waals surface area (Å²) in [4.78, 5) is 12.2. The van der Waals surface area contributed by atoms with E-state index in [9.17, 15) is 4.79 Å². The third kappa shape index (κ3) is 2.57. The van der Waals surface area contributed by atoms with Gasteiger partial charge in [0, 0.05) is 18.5 Å². The van der Waals surface area contributed by atoms with E-state index in [0.29, 0.717) is 6.04 Å². The van der Waals surface area contributed by atoms with Crippen LogP contribution in [0.4, 0.5) is 0 Å². The van der Waals surface area contributed by atoms with Gasteiger partial charge in [-0.15, -0.1) is 0 Å². The van der Waals surface area contributed by atoms with Gasteiger partial charge in [0.05, 0.1) is 0 Å². The molecule has 16 heavy (non-hydrogen) atoms. The van der Waals surface area contributed by atoms with Gasteiger partial charge in [-0.3, -0.25) is 4.79 Å². The van der Waals surface area contributed by atoms with E-state index in [1.807, 2.05) is 0 Å². The molecule has 1 heterocycles. The number of piperidine rings is 1. The Morgan fingerprint density at radius 2 is 2.12 bits per heavy atom. The van der Waals surface area contributed by atoms with Crippen LogP contribution in [-0.4, -0.2) is 25.0 Å². The lowest BCUT2D eigenvalue weighted by molar-refractivity contribution is -0.128. The zero-order valence-corrected chi connectivity index (χ0v) is 10.5. The van der Waals surface area contributed by atoms with Crippen LogP contribution < -0.4 is 10.6 Å². The second kappa shape index (κ2) is 4.74. The zero-order chi connectivity index (χ0) is 11.6. The highest BCUT2D eigenvalue weighted by Crippen LogP contribution is 2.42. The number of nitrogens with one attached hydrogen (secondary N) is 2. The number of hydrogen-bond donors (Lipinski definition) is 2. The molecule has 2 aliphatic rings. The maximum absolute atomic E-state index is 12.2. The smallest absolute Gasteiger partial charge is 0.223 e. The van der Waals surface area contributed by atoms with E-state index in [2.05, 4.69) is 24.5 Å². The van der Waals surface area contributed by atoms with Crippen molar-refractivity contribution in [3.05, 3.63) is 0 Å². The van der Waals surface area contributed by atoms with E-state index in [0.717, 1.165) is 25.9 Å². The van der Waals surface area contributed by atoms with E-state index in [4.69, 9.17) is 0 Å². The van der Waals surface area contributed by atoms with Crippen LogP contribution in [0.1, 0.15) is 46.0 Å². The van der Waals surface area contributed by atoms with Gasteiger partial charge in [-0.25, -0.2) is 0 Å². The first kappa shape index (κ1) is 11.9. The number of carbonyl (C=O) groups is 1. The minimum absolute atomic E-state index is 0.201. The Labute approximate surface area is 98.4 Å². The first-order chi connectivity index (χ1) is 7.59. The van der Waals surface area contributed by atoms with Crippen molar-refractivity contribution < 1.29 is 4.79 Å². The van der Waals surface area contributed by atoms with Gasteiger partial charge in [0.2, 0.25) is 5.91 Å². The van der Waals surface area contributed by atoms with Crippen molar-refractivity contribution in [3.8, 4) is 0 Å². The third-order valence-electron chi connectivity index (χ3n) is 4.22. The van der Waals surface area contributed by atoms with Gasteiger partial charge in [0.15, 0.2) is 0 Å². The Bertz CT molecular complexity index is 257. The summed E-state index contributed by atoms with van der Waals surface area (Å²) in [7, 11) is 0. The molecule has 2 fully saturated rings. The van der Waals surface area contributed by atoms with Crippen molar-refractivity contribution >= 4 is 5.91 Å². The highest BCUT2D eigenvalue weighted by Gasteiger charge is 2.39. The molecule has 0 aromatic heterocycles. The van der Waals surface area contributed by atoms with E-state index in [-0.39, 0.29) is 17.2 Å². The van der Waals surface area contributed by atoms with Gasteiger partial charge in [0.1, 0.15) is 0 Å². The maximum atomic E-state index is 12.2. The number of hydrogen-bond acceptors (Lipinski definition) is 2. The fourth-order valence-electron chi connectivity index (χ4n) is 3.09. The number of carbonyl (C=O) groups excluding carboxylic acids is 1. The molecular formula is C13H24N2O. The van der Waals surface area contributed by atoms with E-state index >= 15 is 0 Å². The summed E-state index contributed by atoms with van der Waals surface area (Å²) in [5.74, 6) is 0.519. The topological polar surface area (TPSA) is 41.1 Å². The van der Waals surface area contributed by atoms with Crippen LogP contribution in [-0.2, 0) is 4.79 Å². The van der Waals surface area contributed by atoms with Crippen molar-refractivity contribution in [2.75, 3.05) is 13.1 Å². The largest absolute Gasteiger partial charge is 0.352 e. The standard InChI is InChI=1S/C13H24N2O/c1-13(2)7-3-6-11(13)12(16)15-10-5-4-8-14-9-10/h10-11,14H,3-9H2,1-2H3,(H,15,16)/t10-,11?/m0/s1. The summed E-state index contributed by atoms with van der Waals surface area (Å²) in [6.07, 6.45) is 5.77. The summed E-state index contributed by atoms with van der Waals surface area (Å²) < 4.78 is 0. The van der Waals surface area contributed by atoms with Gasteiger partial charge in [0.25, 0.3) is 0 Å². The van der Waals surface area contributed by atoms with Gasteiger partial charge in [-0.2, -0.15) is 0 Å². The lowest BCUT2D eigenvalue weighted by atomic mass is 9.81. The van der Waals surface area contributed by atoms with Crippen LogP contribution in [0, 0.1) is 11.3 Å². The van der Waals surface area contributed by atoms with E-state index < -0.39 is 0 Å². The van der Waals surface area contributed by atoms with Crippen LogP contribution in [0.3, 0.4) is 0 Å². The molecule has 1 saturated carbocycles. The Morgan fingerprint density at radius 3 is 2.69 bits per heavy atom. The maximum Gasteiger partial charge on any atom is 0.223 e. The summed E-state index contributed by atoms with van der Waals surface area (Å²) in [5.41, 5.74) is 0.201. The van der Waals surface area contributed by atoms with Gasteiger partial charge >= 0.3 is 0 Å². The second-order valence-electron chi connectivity index (χ2n) is 5.99. The van der Waals surface area contributed by atoms with Gasteiger partial charge < -0.3 is 10.6 Å². The minimum Gasteiger partial charge on any atom is -0.352 e. The van der Waals surface area contributed by atoms with Crippen molar-refractivity contribution in [2.24, 2.45) is 11.3 Å². The molecule has 1 unspecified atom stereocenters. The monoisotopic (exact) mass is 224 g/mol. The lowest BCUT2D eigenvalue weighted by Crippen LogP contribution is -2.48. The molecule has 1 saturated heterocycles. The Hall–Kier alpha value is -0.570. The molecule has 0 aromatic rings. The molecule has 3 heteroatoms. The average Bonchev–Trinajstić information content (AvgIpc) is 2.59. The molecule has 1 aliphatic heterocycles. The average molecular weight is 224 g/mol. The number of amides is 1. The normalized spacial score (nSPS) is 33.6. The van der Waals surface area contributed by atoms with E-state index in [1.165, 1.54) is 19.3 Å². The van der Waals surface area contributed by atoms with Crippen LogP contribution in [0.15, 0.2) is 0 Å². The first-order valence-electron chi connectivity index (χ1n) is 6.61. The Kier molecular flexibility index (Phi) is 3.53. The second-order valence-corrected chi connectivity index (χ2v) is 5.99. The molecule has 2 atom stereocenters. The molecule has 2 rings (SSSR count). The molecule has 92 valence electrons. The SMILES string of the molecule is CC1(C)CCCC1C(=O)N[C@H]1CCCNC1. The molecule has 1 amide bonds. The molecule has 0 aromatic carbocycles. The summed E-state index contributed by atoms with van der Waals surface area (Å²) in [6.45, 7) is 6.49. The van der Waals surface area contributed by atoms with Crippen molar-refractivity contribution in [3.63, 3.8) is 0 Å². The fraction of sp³-hybridized carbons (Fsp3) is 0.923. The zero-order valence-electron chi connectivity index (χ0n) is 10.5. The van der Waals surface area contributed by atoms with Crippen LogP contribution >= 0.6 is 0 Å². The highest BCUT2D eigenvalue weighted by molar-refractivity contribution is 5.80. The molecule has 2 N–H and O–H groups in total. The molecular weight excluding hydrogens is 200 g/mol. The van der Waals surface area contributed by atoms with Crippen molar-refractivity contribution in [2.45, 2.75) is 52.0 Å². The summed E-state index contributed by atoms with van der Waals surface area (Å²) in [6, 6.07) is 0.359. The molecule has 0 bridgehead atoms. The predicted octanol–water partition coefficient (Wildman–Crippen LogP) is 1.68. The molecule has 3 nitrogen and oxygen atoms in total. The molecule has 0 spiro atoms. The Balaban J connectivity index is 1.87.